The number of methoxy groups -OCH3 is 2. The van der Waals surface area contributed by atoms with Crippen LogP contribution in [0, 0.1) is 6.92 Å². The van der Waals surface area contributed by atoms with Crippen molar-refractivity contribution in [1.82, 2.24) is 19.2 Å². The molecular weight excluding hydrogens is 448 g/mol. The normalized spacial score (nSPS) is 12.9. The maximum atomic E-state index is 13.3. The molecule has 180 valence electrons. The van der Waals surface area contributed by atoms with Gasteiger partial charge in [-0.2, -0.15) is 0 Å². The number of aromatic nitrogens is 4. The Morgan fingerprint density at radius 3 is 2.66 bits per heavy atom. The molecule has 0 spiro atoms. The maximum Gasteiger partial charge on any atom is 0.353 e. The molecule has 0 radical (unpaired) electrons. The van der Waals surface area contributed by atoms with Gasteiger partial charge in [-0.15, -0.1) is 5.10 Å². The fraction of sp³-hybridized carbons (Fsp3) is 0.280. The van der Waals surface area contributed by atoms with Gasteiger partial charge in [0.15, 0.2) is 5.65 Å². The monoisotopic (exact) mass is 474 g/mol. The molecule has 35 heavy (non-hydrogen) atoms. The van der Waals surface area contributed by atoms with Crippen molar-refractivity contribution in [3.05, 3.63) is 75.8 Å². The summed E-state index contributed by atoms with van der Waals surface area (Å²) >= 11 is 0. The molecule has 2 aromatic heterocycles. The Morgan fingerprint density at radius 2 is 1.89 bits per heavy atom. The van der Waals surface area contributed by atoms with E-state index in [2.05, 4.69) is 32.4 Å². The second-order valence-electron chi connectivity index (χ2n) is 8.39. The quantitative estimate of drug-likeness (QED) is 0.458. The predicted molar refractivity (Wildman–Crippen MR) is 131 cm³/mol. The van der Waals surface area contributed by atoms with Crippen LogP contribution in [0.3, 0.4) is 0 Å². The highest BCUT2D eigenvalue weighted by Gasteiger charge is 2.23. The van der Waals surface area contributed by atoms with Crippen molar-refractivity contribution in [3.63, 3.8) is 0 Å². The topological polar surface area (TPSA) is 103 Å². The van der Waals surface area contributed by atoms with E-state index < -0.39 is 11.6 Å². The Kier molecular flexibility index (Phi) is 5.86. The lowest BCUT2D eigenvalue weighted by atomic mass is 10.0. The Labute approximate surface area is 201 Å². The predicted octanol–water partition coefficient (Wildman–Crippen LogP) is 2.42. The number of carbonyl (C=O) groups is 1. The lowest BCUT2D eigenvalue weighted by Crippen LogP contribution is -2.35. The van der Waals surface area contributed by atoms with Crippen molar-refractivity contribution >= 4 is 23.2 Å². The average molecular weight is 475 g/mol. The van der Waals surface area contributed by atoms with Crippen molar-refractivity contribution in [2.75, 3.05) is 31.0 Å². The number of rotatable bonds is 6. The second kappa shape index (κ2) is 9.13. The highest BCUT2D eigenvalue weighted by molar-refractivity contribution is 5.92. The van der Waals surface area contributed by atoms with Crippen LogP contribution in [-0.4, -0.2) is 45.8 Å². The lowest BCUT2D eigenvalue weighted by molar-refractivity contribution is -0.117. The first kappa shape index (κ1) is 22.5. The fourth-order valence-corrected chi connectivity index (χ4v) is 4.35. The number of amides is 1. The van der Waals surface area contributed by atoms with E-state index >= 15 is 0 Å². The van der Waals surface area contributed by atoms with Gasteiger partial charge in [0.1, 0.15) is 18.0 Å². The van der Waals surface area contributed by atoms with E-state index in [0.29, 0.717) is 35.3 Å². The molecule has 0 aliphatic carbocycles. The van der Waals surface area contributed by atoms with Gasteiger partial charge in [-0.05, 0) is 36.6 Å². The molecule has 0 fully saturated rings. The molecule has 4 aromatic rings. The molecule has 3 heterocycles. The van der Waals surface area contributed by atoms with E-state index in [1.54, 1.807) is 24.3 Å². The largest absolute Gasteiger partial charge is 0.497 e. The molecular formula is C25H26N6O4. The minimum atomic E-state index is -0.422. The minimum absolute atomic E-state index is 0.262. The van der Waals surface area contributed by atoms with Crippen LogP contribution in [-0.2, 0) is 24.3 Å². The van der Waals surface area contributed by atoms with Crippen LogP contribution in [0.5, 0.6) is 11.5 Å². The highest BCUT2D eigenvalue weighted by atomic mass is 16.5. The van der Waals surface area contributed by atoms with Crippen LogP contribution >= 0.6 is 0 Å². The number of hydrogen-bond donors (Lipinski definition) is 1. The van der Waals surface area contributed by atoms with E-state index in [1.165, 1.54) is 29.7 Å². The number of nitrogens with zero attached hydrogens (tertiary/aromatic N) is 5. The third-order valence-corrected chi connectivity index (χ3v) is 6.07. The van der Waals surface area contributed by atoms with Gasteiger partial charge in [0.2, 0.25) is 11.9 Å². The van der Waals surface area contributed by atoms with Gasteiger partial charge < -0.3 is 19.7 Å². The maximum absolute atomic E-state index is 13.3. The summed E-state index contributed by atoms with van der Waals surface area (Å²) in [6.07, 6.45) is 0.862. The molecule has 0 saturated carbocycles. The summed E-state index contributed by atoms with van der Waals surface area (Å²) in [5.74, 6) is 1.16. The van der Waals surface area contributed by atoms with Crippen LogP contribution in [0.1, 0.15) is 16.8 Å². The molecule has 10 nitrogen and oxygen atoms in total. The summed E-state index contributed by atoms with van der Waals surface area (Å²) in [5.41, 5.74) is 3.73. The van der Waals surface area contributed by atoms with E-state index in [9.17, 15) is 9.59 Å². The van der Waals surface area contributed by atoms with E-state index in [0.717, 1.165) is 23.3 Å². The Morgan fingerprint density at radius 1 is 1.09 bits per heavy atom. The number of ether oxygens (including phenoxy) is 2. The lowest BCUT2D eigenvalue weighted by Gasteiger charge is -2.29. The van der Waals surface area contributed by atoms with Gasteiger partial charge >= 0.3 is 5.69 Å². The van der Waals surface area contributed by atoms with Gasteiger partial charge in [-0.25, -0.2) is 18.9 Å². The highest BCUT2D eigenvalue weighted by Crippen LogP contribution is 2.29. The third-order valence-electron chi connectivity index (χ3n) is 6.07. The van der Waals surface area contributed by atoms with Crippen LogP contribution in [0.25, 0.3) is 5.65 Å². The zero-order chi connectivity index (χ0) is 24.5. The molecule has 1 N–H and O–H groups in total. The number of nitrogens with one attached hydrogen (secondary N) is 1. The molecule has 2 aromatic carbocycles. The van der Waals surface area contributed by atoms with Gasteiger partial charge in [0, 0.05) is 30.9 Å². The first-order chi connectivity index (χ1) is 17.0. The van der Waals surface area contributed by atoms with Gasteiger partial charge in [-0.1, -0.05) is 24.3 Å². The van der Waals surface area contributed by atoms with Crippen molar-refractivity contribution in [2.24, 2.45) is 0 Å². The van der Waals surface area contributed by atoms with E-state index in [4.69, 9.17) is 9.47 Å². The number of anilines is 2. The minimum Gasteiger partial charge on any atom is -0.497 e. The molecule has 0 saturated heterocycles. The van der Waals surface area contributed by atoms with Gasteiger partial charge in [0.25, 0.3) is 0 Å². The van der Waals surface area contributed by atoms with Crippen LogP contribution in [0.4, 0.5) is 11.6 Å². The number of carbonyl (C=O) groups excluding carboxylic acids is 1. The zero-order valence-corrected chi connectivity index (χ0v) is 19.8. The summed E-state index contributed by atoms with van der Waals surface area (Å²) in [4.78, 5) is 32.9. The van der Waals surface area contributed by atoms with Crippen molar-refractivity contribution in [2.45, 2.75) is 26.4 Å². The van der Waals surface area contributed by atoms with E-state index in [1.807, 2.05) is 19.1 Å². The Hall–Kier alpha value is -4.34. The van der Waals surface area contributed by atoms with Crippen LogP contribution in [0.2, 0.25) is 0 Å². The first-order valence-electron chi connectivity index (χ1n) is 11.3. The summed E-state index contributed by atoms with van der Waals surface area (Å²) in [7, 11) is 3.05. The summed E-state index contributed by atoms with van der Waals surface area (Å²) in [5, 5.41) is 7.19. The fourth-order valence-electron chi connectivity index (χ4n) is 4.35. The standard InChI is InChI=1S/C25H26N6O4/c1-16-12-22-28-30(15-23(32)27-20-13-19(34-2)8-9-21(20)35-3)25(33)31(22)24(26-16)29-11-10-17-6-4-5-7-18(17)14-29/h4-9,12-13H,10-11,14-15H2,1-3H3,(H,27,32). The van der Waals surface area contributed by atoms with Crippen molar-refractivity contribution in [1.29, 1.82) is 0 Å². The zero-order valence-electron chi connectivity index (χ0n) is 19.8. The number of hydrogen-bond acceptors (Lipinski definition) is 7. The second-order valence-corrected chi connectivity index (χ2v) is 8.39. The van der Waals surface area contributed by atoms with Gasteiger partial charge in [0.05, 0.1) is 19.9 Å². The van der Waals surface area contributed by atoms with Crippen molar-refractivity contribution < 1.29 is 14.3 Å². The molecule has 1 aliphatic rings. The molecule has 1 amide bonds. The molecule has 1 aliphatic heterocycles. The smallest absolute Gasteiger partial charge is 0.353 e. The summed E-state index contributed by atoms with van der Waals surface area (Å²) < 4.78 is 13.2. The van der Waals surface area contributed by atoms with Gasteiger partial charge in [-0.3, -0.25) is 4.79 Å². The van der Waals surface area contributed by atoms with Crippen LogP contribution in [0.15, 0.2) is 53.3 Å². The van der Waals surface area contributed by atoms with Crippen molar-refractivity contribution in [3.8, 4) is 11.5 Å². The molecule has 0 atom stereocenters. The number of aryl methyl sites for hydroxylation is 1. The Bertz CT molecular complexity index is 1470. The SMILES string of the molecule is COc1ccc(OC)c(NC(=O)Cn2nc3cc(C)nc(N4CCc5ccccc5C4)n3c2=O)c1. The number of fused-ring (bicyclic) bond motifs is 2. The first-order valence-corrected chi connectivity index (χ1v) is 11.3. The average Bonchev–Trinajstić information content (AvgIpc) is 3.17. The summed E-state index contributed by atoms with van der Waals surface area (Å²) in [6, 6.07) is 15.1. The molecule has 5 rings (SSSR count). The molecule has 10 heteroatoms. The van der Waals surface area contributed by atoms with Crippen LogP contribution < -0.4 is 25.4 Å². The van der Waals surface area contributed by atoms with E-state index in [-0.39, 0.29) is 6.54 Å². The third kappa shape index (κ3) is 4.30. The Balaban J connectivity index is 1.45. The summed E-state index contributed by atoms with van der Waals surface area (Å²) in [6.45, 7) is 2.99. The number of benzene rings is 2. The molecule has 0 unspecified atom stereocenters. The molecule has 0 bridgehead atoms.